The topological polar surface area (TPSA) is 55.4 Å². The van der Waals surface area contributed by atoms with Crippen molar-refractivity contribution in [2.24, 2.45) is 0 Å². The van der Waals surface area contributed by atoms with Crippen LogP contribution in [-0.4, -0.2) is 17.2 Å². The smallest absolute Gasteiger partial charge is 0.342 e. The highest BCUT2D eigenvalue weighted by atomic mass is 17.1. The molecule has 0 rings (SSSR count). The molecule has 4 heteroatoms. The fourth-order valence-corrected chi connectivity index (χ4v) is 1.39. The maximum Gasteiger partial charge on any atom is 0.342 e. The van der Waals surface area contributed by atoms with Gasteiger partial charge in [0.15, 0.2) is 0 Å². The van der Waals surface area contributed by atoms with Gasteiger partial charge in [0.05, 0.1) is 0 Å². The summed E-state index contributed by atoms with van der Waals surface area (Å²) in [6, 6.07) is 0. The van der Waals surface area contributed by atoms with Crippen LogP contribution >= 0.6 is 0 Å². The van der Waals surface area contributed by atoms with Crippen LogP contribution < -0.4 is 0 Å². The Morgan fingerprint density at radius 1 is 1.19 bits per heavy atom. The van der Waals surface area contributed by atoms with Crippen LogP contribution in [0.1, 0.15) is 60.3 Å². The molecule has 16 heavy (non-hydrogen) atoms. The normalized spacial score (nSPS) is 15.6. The van der Waals surface area contributed by atoms with Crippen LogP contribution in [0.15, 0.2) is 0 Å². The van der Waals surface area contributed by atoms with Gasteiger partial charge >= 0.3 is 5.97 Å². The van der Waals surface area contributed by atoms with E-state index in [2.05, 4.69) is 4.89 Å². The van der Waals surface area contributed by atoms with E-state index >= 15 is 0 Å². The van der Waals surface area contributed by atoms with Crippen molar-refractivity contribution in [1.82, 2.24) is 0 Å². The number of carbonyl (C=O) groups excluding carboxylic acids is 1. The van der Waals surface area contributed by atoms with Gasteiger partial charge in [0.25, 0.3) is 0 Å². The van der Waals surface area contributed by atoms with Gasteiger partial charge in [-0.3, -0.25) is 0 Å². The van der Waals surface area contributed by atoms with Crippen molar-refractivity contribution in [3.05, 3.63) is 0 Å². The predicted molar refractivity (Wildman–Crippen MR) is 60.2 cm³/mol. The molecule has 1 radical (unpaired) electrons. The first-order valence-electron chi connectivity index (χ1n) is 5.85. The molecule has 0 amide bonds. The second-order valence-electron chi connectivity index (χ2n) is 5.04. The van der Waals surface area contributed by atoms with Gasteiger partial charge in [-0.2, -0.15) is 4.89 Å². The van der Waals surface area contributed by atoms with Crippen molar-refractivity contribution in [2.75, 3.05) is 0 Å². The van der Waals surface area contributed by atoms with E-state index in [1.807, 2.05) is 6.92 Å². The Kier molecular flexibility index (Phi) is 5.97. The molecule has 0 saturated heterocycles. The highest BCUT2D eigenvalue weighted by Crippen LogP contribution is 2.26. The summed E-state index contributed by atoms with van der Waals surface area (Å²) in [5, 5.41) is 10.8. The fourth-order valence-electron chi connectivity index (χ4n) is 1.39. The molecule has 0 saturated carbocycles. The molecule has 0 N–H and O–H groups in total. The number of carbonyl (C=O) groups is 1. The Labute approximate surface area is 97.9 Å². The van der Waals surface area contributed by atoms with Gasteiger partial charge in [-0.25, -0.2) is 4.79 Å². The molecule has 0 aliphatic rings. The van der Waals surface area contributed by atoms with E-state index in [9.17, 15) is 10.1 Å². The van der Waals surface area contributed by atoms with E-state index < -0.39 is 17.2 Å². The summed E-state index contributed by atoms with van der Waals surface area (Å²) in [5.74, 6) is -0.550. The molecule has 0 aliphatic heterocycles. The van der Waals surface area contributed by atoms with Gasteiger partial charge in [0.1, 0.15) is 5.60 Å². The van der Waals surface area contributed by atoms with Crippen LogP contribution in [0.2, 0.25) is 0 Å². The van der Waals surface area contributed by atoms with Gasteiger partial charge < -0.3 is 4.74 Å². The average Bonchev–Trinajstić information content (AvgIpc) is 2.17. The summed E-state index contributed by atoms with van der Waals surface area (Å²) in [6.45, 7) is 9.08. The van der Waals surface area contributed by atoms with E-state index in [0.717, 1.165) is 12.8 Å². The molecule has 0 spiro atoms. The summed E-state index contributed by atoms with van der Waals surface area (Å²) in [7, 11) is 0. The molecule has 0 heterocycles. The van der Waals surface area contributed by atoms with Crippen LogP contribution in [-0.2, 0) is 19.7 Å². The molecule has 0 aromatic rings. The summed E-state index contributed by atoms with van der Waals surface area (Å²) in [5.41, 5.74) is -1.91. The van der Waals surface area contributed by atoms with E-state index in [1.165, 1.54) is 0 Å². The van der Waals surface area contributed by atoms with Crippen molar-refractivity contribution >= 4 is 5.97 Å². The minimum atomic E-state index is -1.32. The van der Waals surface area contributed by atoms with Crippen LogP contribution in [0.5, 0.6) is 0 Å². The first kappa shape index (κ1) is 15.4. The molecule has 0 aliphatic carbocycles. The minimum Gasteiger partial charge on any atom is -0.458 e. The Morgan fingerprint density at radius 3 is 2.06 bits per heavy atom. The molecule has 0 aromatic heterocycles. The lowest BCUT2D eigenvalue weighted by Gasteiger charge is -2.30. The zero-order valence-corrected chi connectivity index (χ0v) is 11.0. The monoisotopic (exact) mass is 231 g/mol. The van der Waals surface area contributed by atoms with Gasteiger partial charge in [-0.05, 0) is 38.9 Å². The van der Waals surface area contributed by atoms with Crippen molar-refractivity contribution in [2.45, 2.75) is 71.5 Å². The minimum absolute atomic E-state index is 0.339. The van der Waals surface area contributed by atoms with E-state index in [-0.39, 0.29) is 0 Å². The zero-order valence-electron chi connectivity index (χ0n) is 11.0. The van der Waals surface area contributed by atoms with E-state index in [4.69, 9.17) is 4.74 Å². The maximum atomic E-state index is 11.9. The molecule has 1 unspecified atom stereocenters. The molecule has 95 valence electrons. The Balaban J connectivity index is 4.68. The summed E-state index contributed by atoms with van der Waals surface area (Å²) in [4.78, 5) is 16.1. The lowest BCUT2D eigenvalue weighted by molar-refractivity contribution is -0.369. The lowest BCUT2D eigenvalue weighted by Crippen LogP contribution is -2.44. The van der Waals surface area contributed by atoms with Gasteiger partial charge in [0.2, 0.25) is 5.60 Å². The van der Waals surface area contributed by atoms with E-state index in [0.29, 0.717) is 12.8 Å². The largest absolute Gasteiger partial charge is 0.458 e. The summed E-state index contributed by atoms with van der Waals surface area (Å²) < 4.78 is 5.22. The van der Waals surface area contributed by atoms with Crippen LogP contribution in [0.3, 0.4) is 0 Å². The molecule has 0 fully saturated rings. The Hall–Kier alpha value is -0.610. The molecule has 0 aromatic carbocycles. The molecule has 4 nitrogen and oxygen atoms in total. The third-order valence-electron chi connectivity index (χ3n) is 2.44. The van der Waals surface area contributed by atoms with Crippen molar-refractivity contribution in [1.29, 1.82) is 0 Å². The van der Waals surface area contributed by atoms with Gasteiger partial charge in [0, 0.05) is 0 Å². The van der Waals surface area contributed by atoms with Crippen LogP contribution in [0.25, 0.3) is 0 Å². The third kappa shape index (κ3) is 4.49. The second-order valence-corrected chi connectivity index (χ2v) is 5.04. The standard InChI is InChI=1S/C12H23O4/c1-6-8-9-12(7-2,16-14)10(13)15-11(3,4)5/h6-9H2,1-5H3. The maximum absolute atomic E-state index is 11.9. The fraction of sp³-hybridized carbons (Fsp3) is 0.917. The number of esters is 1. The lowest BCUT2D eigenvalue weighted by atomic mass is 9.93. The third-order valence-corrected chi connectivity index (χ3v) is 2.44. The van der Waals surface area contributed by atoms with Gasteiger partial charge in [-0.1, -0.05) is 26.7 Å². The first-order valence-corrected chi connectivity index (χ1v) is 5.85. The number of hydrogen-bond donors (Lipinski definition) is 0. The first-order chi connectivity index (χ1) is 7.31. The highest BCUT2D eigenvalue weighted by Gasteiger charge is 2.42. The Bertz CT molecular complexity index is 214. The number of unbranched alkanes of at least 4 members (excludes halogenated alkanes) is 1. The number of hydrogen-bond acceptors (Lipinski definition) is 3. The van der Waals surface area contributed by atoms with Crippen LogP contribution in [0.4, 0.5) is 0 Å². The molecular formula is C12H23O4. The average molecular weight is 231 g/mol. The number of ether oxygens (including phenoxy) is 1. The zero-order chi connectivity index (χ0) is 12.8. The van der Waals surface area contributed by atoms with Crippen molar-refractivity contribution in [3.63, 3.8) is 0 Å². The quantitative estimate of drug-likeness (QED) is 0.401. The molecule has 0 bridgehead atoms. The number of rotatable bonds is 6. The molecule has 1 atom stereocenters. The van der Waals surface area contributed by atoms with Crippen LogP contribution in [0, 0.1) is 0 Å². The van der Waals surface area contributed by atoms with E-state index in [1.54, 1.807) is 27.7 Å². The Morgan fingerprint density at radius 2 is 1.75 bits per heavy atom. The van der Waals surface area contributed by atoms with Crippen molar-refractivity contribution < 1.29 is 19.7 Å². The predicted octanol–water partition coefficient (Wildman–Crippen LogP) is 3.03. The summed E-state index contributed by atoms with van der Waals surface area (Å²) >= 11 is 0. The SMILES string of the molecule is CCCCC(CC)(O[O])C(=O)OC(C)(C)C. The molecular weight excluding hydrogens is 208 g/mol. The second kappa shape index (κ2) is 6.21. The van der Waals surface area contributed by atoms with Crippen molar-refractivity contribution in [3.8, 4) is 0 Å². The van der Waals surface area contributed by atoms with Gasteiger partial charge in [-0.15, -0.1) is 0 Å². The summed E-state index contributed by atoms with van der Waals surface area (Å²) in [6.07, 6.45) is 2.44. The highest BCUT2D eigenvalue weighted by molar-refractivity contribution is 5.79.